The maximum Gasteiger partial charge on any atom is 0.410 e. The lowest BCUT2D eigenvalue weighted by Gasteiger charge is -2.16. The molecular weight excluding hydrogens is 210 g/mol. The number of fused-ring (bicyclic) bond motifs is 3. The Morgan fingerprint density at radius 2 is 2.12 bits per heavy atom. The van der Waals surface area contributed by atoms with Crippen LogP contribution in [0.25, 0.3) is 0 Å². The molecule has 0 aromatic carbocycles. The van der Waals surface area contributed by atoms with E-state index in [0.717, 1.165) is 0 Å². The van der Waals surface area contributed by atoms with Crippen LogP contribution in [0.5, 0.6) is 0 Å². The Balaban J connectivity index is 1.80. The van der Waals surface area contributed by atoms with Gasteiger partial charge in [0.05, 0.1) is 19.2 Å². The van der Waals surface area contributed by atoms with Crippen LogP contribution in [-0.2, 0) is 14.2 Å². The maximum absolute atomic E-state index is 11.5. The van der Waals surface area contributed by atoms with E-state index in [1.165, 1.54) is 7.11 Å². The van der Waals surface area contributed by atoms with Gasteiger partial charge in [-0.05, 0) is 13.8 Å². The fourth-order valence-electron chi connectivity index (χ4n) is 2.63. The maximum atomic E-state index is 11.5. The van der Waals surface area contributed by atoms with E-state index in [4.69, 9.17) is 14.2 Å². The zero-order valence-electron chi connectivity index (χ0n) is 9.54. The van der Waals surface area contributed by atoms with Crippen LogP contribution in [0.1, 0.15) is 13.8 Å². The highest BCUT2D eigenvalue weighted by molar-refractivity contribution is 5.73. The molecule has 0 bridgehead atoms. The van der Waals surface area contributed by atoms with E-state index in [1.54, 1.807) is 4.90 Å². The van der Waals surface area contributed by atoms with Crippen molar-refractivity contribution in [2.45, 2.75) is 43.9 Å². The molecule has 1 amide bonds. The van der Waals surface area contributed by atoms with Crippen LogP contribution in [-0.4, -0.2) is 48.2 Å². The highest BCUT2D eigenvalue weighted by Crippen LogP contribution is 2.45. The van der Waals surface area contributed by atoms with Gasteiger partial charge in [0.2, 0.25) is 0 Å². The van der Waals surface area contributed by atoms with Gasteiger partial charge in [-0.25, -0.2) is 4.79 Å². The summed E-state index contributed by atoms with van der Waals surface area (Å²) >= 11 is 0. The Morgan fingerprint density at radius 3 is 2.81 bits per heavy atom. The lowest BCUT2D eigenvalue weighted by Crippen LogP contribution is -2.32. The topological polar surface area (TPSA) is 47.8 Å². The first-order valence-corrected chi connectivity index (χ1v) is 5.44. The molecule has 0 aromatic heterocycles. The van der Waals surface area contributed by atoms with Crippen molar-refractivity contribution in [3.63, 3.8) is 0 Å². The van der Waals surface area contributed by atoms with E-state index in [2.05, 4.69) is 0 Å². The predicted octanol–water partition coefficient (Wildman–Crippen LogP) is 0.895. The summed E-state index contributed by atoms with van der Waals surface area (Å²) in [6.07, 6.45) is 3.56. The van der Waals surface area contributed by atoms with Gasteiger partial charge < -0.3 is 14.2 Å². The minimum atomic E-state index is -0.570. The fourth-order valence-corrected chi connectivity index (χ4v) is 2.63. The number of nitrogens with zero attached hydrogens (tertiary/aromatic N) is 1. The highest BCUT2D eigenvalue weighted by Gasteiger charge is 2.62. The smallest absolute Gasteiger partial charge is 0.410 e. The van der Waals surface area contributed by atoms with E-state index < -0.39 is 5.79 Å². The van der Waals surface area contributed by atoms with Gasteiger partial charge in [0, 0.05) is 0 Å². The molecule has 0 N–H and O–H groups in total. The Kier molecular flexibility index (Phi) is 1.89. The summed E-state index contributed by atoms with van der Waals surface area (Å²) in [6.45, 7) is 3.78. The number of carbonyl (C=O) groups excluding carboxylic acids is 1. The Labute approximate surface area is 93.9 Å². The number of amides is 1. The van der Waals surface area contributed by atoms with Gasteiger partial charge in [-0.2, -0.15) is 0 Å². The molecule has 2 aliphatic heterocycles. The van der Waals surface area contributed by atoms with Crippen molar-refractivity contribution in [2.75, 3.05) is 7.11 Å². The molecule has 0 saturated carbocycles. The molecule has 16 heavy (non-hydrogen) atoms. The highest BCUT2D eigenvalue weighted by atomic mass is 16.8. The summed E-state index contributed by atoms with van der Waals surface area (Å²) in [7, 11) is 1.39. The number of rotatable bonds is 0. The van der Waals surface area contributed by atoms with Crippen molar-refractivity contribution < 1.29 is 19.0 Å². The van der Waals surface area contributed by atoms with Crippen LogP contribution in [0.2, 0.25) is 0 Å². The van der Waals surface area contributed by atoms with Crippen molar-refractivity contribution in [2.24, 2.45) is 0 Å². The molecule has 2 fully saturated rings. The molecule has 0 unspecified atom stereocenters. The van der Waals surface area contributed by atoms with Crippen molar-refractivity contribution in [1.29, 1.82) is 0 Å². The van der Waals surface area contributed by atoms with E-state index in [9.17, 15) is 4.79 Å². The summed E-state index contributed by atoms with van der Waals surface area (Å²) in [6, 6.07) is 0.190. The third-order valence-corrected chi connectivity index (χ3v) is 3.29. The zero-order chi connectivity index (χ0) is 11.5. The molecule has 0 spiro atoms. The minimum absolute atomic E-state index is 0.0501. The SMILES string of the molecule is COC(=O)N1[C@@H]2[C@H]3OC(C)(C)O[C@H]3C=C[C@@H]21. The Hall–Kier alpha value is -1.07. The molecule has 2 saturated heterocycles. The van der Waals surface area contributed by atoms with Crippen LogP contribution >= 0.6 is 0 Å². The molecule has 0 aromatic rings. The van der Waals surface area contributed by atoms with Gasteiger partial charge in [-0.1, -0.05) is 12.2 Å². The second kappa shape index (κ2) is 2.99. The van der Waals surface area contributed by atoms with Crippen LogP contribution in [0, 0.1) is 0 Å². The number of methoxy groups -OCH3 is 1. The molecule has 1 aliphatic carbocycles. The Morgan fingerprint density at radius 1 is 1.38 bits per heavy atom. The second-order valence-electron chi connectivity index (χ2n) is 4.81. The predicted molar refractivity (Wildman–Crippen MR) is 54.8 cm³/mol. The second-order valence-corrected chi connectivity index (χ2v) is 4.81. The molecule has 5 heteroatoms. The average Bonchev–Trinajstić information content (AvgIpc) is 2.86. The summed E-state index contributed by atoms with van der Waals surface area (Å²) in [5.74, 6) is -0.570. The molecular formula is C11H15NO4. The summed E-state index contributed by atoms with van der Waals surface area (Å²) in [5, 5.41) is 0. The van der Waals surface area contributed by atoms with Crippen molar-refractivity contribution >= 4 is 6.09 Å². The Bertz CT molecular complexity index is 365. The van der Waals surface area contributed by atoms with E-state index in [-0.39, 0.29) is 30.4 Å². The van der Waals surface area contributed by atoms with E-state index in [1.807, 2.05) is 26.0 Å². The normalized spacial score (nSPS) is 42.6. The molecule has 5 nitrogen and oxygen atoms in total. The van der Waals surface area contributed by atoms with Crippen LogP contribution in [0.4, 0.5) is 4.79 Å². The lowest BCUT2D eigenvalue weighted by atomic mass is 10.0. The van der Waals surface area contributed by atoms with Gasteiger partial charge in [0.15, 0.2) is 5.79 Å². The van der Waals surface area contributed by atoms with Crippen LogP contribution < -0.4 is 0 Å². The molecule has 0 radical (unpaired) electrons. The standard InChI is InChI=1S/C11H15NO4/c1-11(2)15-7-5-4-6-8(9(7)16-11)12(6)10(13)14-3/h4-9H,1-3H3/t6-,7-,8-,9-,12?/m0/s1. The first kappa shape index (κ1) is 10.1. The lowest BCUT2D eigenvalue weighted by molar-refractivity contribution is -0.143. The zero-order valence-corrected chi connectivity index (χ0v) is 9.54. The third kappa shape index (κ3) is 1.28. The molecule has 3 rings (SSSR count). The summed E-state index contributed by atoms with van der Waals surface area (Å²) in [5.41, 5.74) is 0. The number of hydrogen-bond donors (Lipinski definition) is 0. The number of carbonyl (C=O) groups is 1. The van der Waals surface area contributed by atoms with Gasteiger partial charge in [0.25, 0.3) is 0 Å². The first-order valence-electron chi connectivity index (χ1n) is 5.44. The molecule has 4 atom stereocenters. The minimum Gasteiger partial charge on any atom is -0.453 e. The van der Waals surface area contributed by atoms with Crippen molar-refractivity contribution in [3.8, 4) is 0 Å². The van der Waals surface area contributed by atoms with E-state index in [0.29, 0.717) is 0 Å². The molecule has 3 aliphatic rings. The quantitative estimate of drug-likeness (QED) is 0.454. The van der Waals surface area contributed by atoms with Gasteiger partial charge in [-0.15, -0.1) is 0 Å². The van der Waals surface area contributed by atoms with Crippen LogP contribution in [0.15, 0.2) is 12.2 Å². The van der Waals surface area contributed by atoms with Gasteiger partial charge in [0.1, 0.15) is 12.2 Å². The fraction of sp³-hybridized carbons (Fsp3) is 0.727. The summed E-state index contributed by atoms with van der Waals surface area (Å²) < 4.78 is 16.3. The first-order chi connectivity index (χ1) is 7.53. The molecule has 88 valence electrons. The monoisotopic (exact) mass is 225 g/mol. The average molecular weight is 225 g/mol. The molecule has 2 heterocycles. The van der Waals surface area contributed by atoms with Gasteiger partial charge in [-0.3, -0.25) is 4.90 Å². The number of hydrogen-bond acceptors (Lipinski definition) is 4. The van der Waals surface area contributed by atoms with Crippen LogP contribution in [0.3, 0.4) is 0 Å². The number of ether oxygens (including phenoxy) is 3. The van der Waals surface area contributed by atoms with Gasteiger partial charge >= 0.3 is 6.09 Å². The van der Waals surface area contributed by atoms with E-state index >= 15 is 0 Å². The van der Waals surface area contributed by atoms with Crippen molar-refractivity contribution in [3.05, 3.63) is 12.2 Å². The third-order valence-electron chi connectivity index (χ3n) is 3.29. The largest absolute Gasteiger partial charge is 0.453 e. The summed E-state index contributed by atoms with van der Waals surface area (Å²) in [4.78, 5) is 13.2. The van der Waals surface area contributed by atoms with Crippen molar-refractivity contribution in [1.82, 2.24) is 4.90 Å².